The average Bonchev–Trinajstić information content (AvgIpc) is 3.68. The summed E-state index contributed by atoms with van der Waals surface area (Å²) >= 11 is 0. The number of aliphatic hydroxyl groups excluding tert-OH is 3. The molecule has 0 aromatic rings. The van der Waals surface area contributed by atoms with E-state index in [-0.39, 0.29) is 25.5 Å². The van der Waals surface area contributed by atoms with Crippen molar-refractivity contribution in [2.24, 2.45) is 34.3 Å². The van der Waals surface area contributed by atoms with Gasteiger partial charge in [0.2, 0.25) is 6.29 Å². The molecule has 0 amide bonds. The van der Waals surface area contributed by atoms with Crippen molar-refractivity contribution in [3.05, 3.63) is 11.8 Å². The molecule has 3 heterocycles. The van der Waals surface area contributed by atoms with Gasteiger partial charge in [0.05, 0.1) is 25.2 Å². The van der Waals surface area contributed by atoms with Crippen LogP contribution in [0.2, 0.25) is 0 Å². The Kier molecular flexibility index (Phi) is 9.08. The third-order valence-electron chi connectivity index (χ3n) is 10.4. The van der Waals surface area contributed by atoms with Crippen LogP contribution in [-0.4, -0.2) is 131 Å². The van der Waals surface area contributed by atoms with Gasteiger partial charge in [-0.25, -0.2) is 0 Å². The number of rotatable bonds is 10. The Morgan fingerprint density at radius 2 is 1.88 bits per heavy atom. The minimum Gasteiger partial charge on any atom is -0.467 e. The van der Waals surface area contributed by atoms with Gasteiger partial charge in [-0.05, 0) is 45.7 Å². The van der Waals surface area contributed by atoms with Crippen molar-refractivity contribution in [2.45, 2.75) is 111 Å². The van der Waals surface area contributed by atoms with Gasteiger partial charge in [-0.15, -0.1) is 0 Å². The number of hydrogen-bond donors (Lipinski definition) is 10. The minimum absolute atomic E-state index is 0.124. The number of likely N-dealkylation sites (N-methyl/N-ethyl adjacent to an activating group) is 1. The highest BCUT2D eigenvalue weighted by Gasteiger charge is 2.77. The highest BCUT2D eigenvalue weighted by molar-refractivity contribution is 5.94. The molecule has 15 nitrogen and oxygen atoms in total. The van der Waals surface area contributed by atoms with Gasteiger partial charge in [0.25, 0.3) is 0 Å². The molecule has 14 N–H and O–H groups in total. The molecule has 5 rings (SSSR count). The van der Waals surface area contributed by atoms with Gasteiger partial charge in [-0.1, -0.05) is 6.92 Å². The van der Waals surface area contributed by atoms with E-state index in [1.807, 2.05) is 6.92 Å². The Labute approximate surface area is 251 Å². The van der Waals surface area contributed by atoms with E-state index in [2.05, 4.69) is 10.6 Å². The van der Waals surface area contributed by atoms with Gasteiger partial charge >= 0.3 is 0 Å². The second-order valence-electron chi connectivity index (χ2n) is 13.6. The minimum atomic E-state index is -2.03. The van der Waals surface area contributed by atoms with Crippen molar-refractivity contribution in [3.8, 4) is 0 Å². The second kappa shape index (κ2) is 11.8. The number of Topliss-reactive ketones (excluding diaryl/α,β-unsaturated/α-hetero) is 1. The molecule has 0 radical (unpaired) electrons. The summed E-state index contributed by atoms with van der Waals surface area (Å²) in [7, 11) is 1.58. The van der Waals surface area contributed by atoms with E-state index < -0.39 is 83.1 Å². The number of ketones is 1. The van der Waals surface area contributed by atoms with Crippen LogP contribution in [0.3, 0.4) is 0 Å². The Bertz CT molecular complexity index is 1070. The number of hydrogen-bond acceptors (Lipinski definition) is 15. The van der Waals surface area contributed by atoms with Crippen LogP contribution in [-0.2, 0) is 23.7 Å². The van der Waals surface area contributed by atoms with Crippen molar-refractivity contribution in [3.63, 3.8) is 0 Å². The van der Waals surface area contributed by atoms with E-state index in [4.69, 9.17) is 41.9 Å². The maximum atomic E-state index is 14.3. The molecule has 2 saturated heterocycles. The molecule has 5 aliphatic rings. The molecule has 246 valence electrons. The molecule has 0 spiro atoms. The molecule has 3 aliphatic heterocycles. The van der Waals surface area contributed by atoms with E-state index in [0.29, 0.717) is 38.1 Å². The fraction of sp³-hybridized carbons (Fsp3) is 0.893. The summed E-state index contributed by atoms with van der Waals surface area (Å²) in [6, 6.07) is -2.47. The first-order valence-electron chi connectivity index (χ1n) is 15.2. The van der Waals surface area contributed by atoms with Crippen LogP contribution < -0.4 is 33.6 Å². The van der Waals surface area contributed by atoms with Crippen LogP contribution in [0, 0.1) is 11.3 Å². The summed E-state index contributed by atoms with van der Waals surface area (Å²) in [5, 5.41) is 51.8. The molecular weight excluding hydrogens is 564 g/mol. The largest absolute Gasteiger partial charge is 0.467 e. The maximum Gasteiger partial charge on any atom is 0.215 e. The summed E-state index contributed by atoms with van der Waals surface area (Å²) in [4.78, 5) is 14.3. The number of carbonyl (C=O) groups is 1. The fourth-order valence-electron chi connectivity index (χ4n) is 7.42. The van der Waals surface area contributed by atoms with Gasteiger partial charge in [0.1, 0.15) is 46.9 Å². The van der Waals surface area contributed by atoms with Crippen LogP contribution in [0.1, 0.15) is 39.5 Å². The highest BCUT2D eigenvalue weighted by Crippen LogP contribution is 2.64. The van der Waals surface area contributed by atoms with Gasteiger partial charge < -0.3 is 72.9 Å². The SMILES string of the molecule is CN[C@@H]1[C@@H](O)[C@@H](O[C@]2(C3(C)CC3)[C@@H](O)[C@H](O[C@H]3OC(CN)=CC[C@H]3N)[C@@H](N)C[C@]2(N)C(=O)C(O)C2CNC2)OC[C@]1(C)O. The lowest BCUT2D eigenvalue weighted by Crippen LogP contribution is -2.84. The monoisotopic (exact) mass is 614 g/mol. The van der Waals surface area contributed by atoms with Crippen LogP contribution in [0.15, 0.2) is 11.8 Å². The summed E-state index contributed by atoms with van der Waals surface area (Å²) in [6.45, 7) is 4.09. The van der Waals surface area contributed by atoms with Crippen molar-refractivity contribution in [2.75, 3.05) is 33.3 Å². The van der Waals surface area contributed by atoms with Crippen molar-refractivity contribution < 1.29 is 44.2 Å². The van der Waals surface area contributed by atoms with E-state index in [1.54, 1.807) is 13.1 Å². The maximum absolute atomic E-state index is 14.3. The van der Waals surface area contributed by atoms with Crippen LogP contribution in [0.25, 0.3) is 0 Å². The standard InChI is InChI=1S/C28H50N6O9/c1-25(6-7-25)28(43-24-18(36)20(33-3)26(2,39)12-40-24)22(38)19(42-23-15(30)5-4-14(9-29)41-23)16(31)8-27(28,32)21(37)17(35)13-10-34-11-13/h4,13,15-20,22-24,33-36,38-39H,5-12,29-32H2,1-3H3/t15-,16+,17?,18-,19-,20-,22+,23-,24-,26+,27+,28+/m1/s1. The Morgan fingerprint density at radius 3 is 2.44 bits per heavy atom. The quantitative estimate of drug-likeness (QED) is 0.112. The predicted octanol–water partition coefficient (Wildman–Crippen LogP) is -4.16. The first kappa shape index (κ1) is 33.1. The Morgan fingerprint density at radius 1 is 1.21 bits per heavy atom. The third-order valence-corrected chi connectivity index (χ3v) is 10.4. The molecule has 43 heavy (non-hydrogen) atoms. The first-order chi connectivity index (χ1) is 20.2. The molecule has 2 saturated carbocycles. The zero-order valence-corrected chi connectivity index (χ0v) is 25.1. The number of aliphatic hydroxyl groups is 4. The molecule has 0 aromatic carbocycles. The molecule has 1 unspecified atom stereocenters. The Balaban J connectivity index is 1.57. The number of nitrogens with one attached hydrogen (secondary N) is 2. The van der Waals surface area contributed by atoms with Gasteiger partial charge in [-0.3, -0.25) is 4.79 Å². The van der Waals surface area contributed by atoms with Crippen LogP contribution >= 0.6 is 0 Å². The lowest BCUT2D eigenvalue weighted by molar-refractivity contribution is -0.354. The summed E-state index contributed by atoms with van der Waals surface area (Å²) in [5.74, 6) is -0.622. The fourth-order valence-corrected chi connectivity index (χ4v) is 7.42. The first-order valence-corrected chi connectivity index (χ1v) is 15.2. The van der Waals surface area contributed by atoms with Crippen LogP contribution in [0.4, 0.5) is 0 Å². The Hall–Kier alpha value is -1.31. The van der Waals surface area contributed by atoms with E-state index in [1.165, 1.54) is 6.92 Å². The van der Waals surface area contributed by atoms with Gasteiger partial charge in [0.15, 0.2) is 12.1 Å². The summed E-state index contributed by atoms with van der Waals surface area (Å²) < 4.78 is 24.7. The molecule has 0 bridgehead atoms. The number of carbonyl (C=O) groups excluding carboxylic acids is 1. The molecular formula is C28H50N6O9. The molecule has 12 atom stereocenters. The molecule has 2 aliphatic carbocycles. The third kappa shape index (κ3) is 5.35. The zero-order valence-electron chi connectivity index (χ0n) is 25.1. The smallest absolute Gasteiger partial charge is 0.215 e. The van der Waals surface area contributed by atoms with Gasteiger partial charge in [0, 0.05) is 30.5 Å². The zero-order chi connectivity index (χ0) is 31.5. The summed E-state index contributed by atoms with van der Waals surface area (Å²) in [5.41, 5.74) is 19.5. The molecule has 15 heteroatoms. The predicted molar refractivity (Wildman–Crippen MR) is 153 cm³/mol. The van der Waals surface area contributed by atoms with E-state index >= 15 is 0 Å². The normalized spacial score (nSPS) is 47.2. The number of ether oxygens (including phenoxy) is 4. The van der Waals surface area contributed by atoms with Gasteiger partial charge in [-0.2, -0.15) is 0 Å². The summed E-state index contributed by atoms with van der Waals surface area (Å²) in [6.07, 6.45) is -5.16. The number of nitrogens with two attached hydrogens (primary N) is 4. The van der Waals surface area contributed by atoms with Crippen LogP contribution in [0.5, 0.6) is 0 Å². The lowest BCUT2D eigenvalue weighted by atomic mass is 9.56. The molecule has 4 fully saturated rings. The van der Waals surface area contributed by atoms with Crippen molar-refractivity contribution >= 4 is 5.78 Å². The highest BCUT2D eigenvalue weighted by atomic mass is 16.7. The van der Waals surface area contributed by atoms with E-state index in [9.17, 15) is 25.2 Å². The van der Waals surface area contributed by atoms with E-state index in [0.717, 1.165) is 0 Å². The topological polar surface area (TPSA) is 263 Å². The lowest BCUT2D eigenvalue weighted by Gasteiger charge is -2.61. The molecule has 0 aromatic heterocycles. The van der Waals surface area contributed by atoms with Crippen molar-refractivity contribution in [1.29, 1.82) is 0 Å². The van der Waals surface area contributed by atoms with Crippen molar-refractivity contribution in [1.82, 2.24) is 10.6 Å². The average molecular weight is 615 g/mol. The second-order valence-corrected chi connectivity index (χ2v) is 13.6.